The molecule has 0 bridgehead atoms. The van der Waals surface area contributed by atoms with Crippen LogP contribution in [0.1, 0.15) is 24.5 Å². The third-order valence-corrected chi connectivity index (χ3v) is 4.23. The zero-order valence-electron chi connectivity index (χ0n) is 14.9. The Labute approximate surface area is 152 Å². The normalized spacial score (nSPS) is 12.2. The predicted octanol–water partition coefficient (Wildman–Crippen LogP) is 3.16. The molecule has 26 heavy (non-hydrogen) atoms. The van der Waals surface area contributed by atoms with Crippen molar-refractivity contribution < 1.29 is 19.1 Å². The molecule has 136 valence electrons. The highest BCUT2D eigenvalue weighted by molar-refractivity contribution is 5.95. The van der Waals surface area contributed by atoms with Crippen molar-refractivity contribution in [3.8, 4) is 11.5 Å². The fourth-order valence-corrected chi connectivity index (χ4v) is 3.06. The lowest BCUT2D eigenvalue weighted by molar-refractivity contribution is -0.118. The van der Waals surface area contributed by atoms with Gasteiger partial charge in [-0.15, -0.1) is 0 Å². The van der Waals surface area contributed by atoms with E-state index in [4.69, 9.17) is 9.47 Å². The highest BCUT2D eigenvalue weighted by Crippen LogP contribution is 2.28. The summed E-state index contributed by atoms with van der Waals surface area (Å²) in [5.74, 6) is 0.709. The standard InChI is InChI=1S/C20H22N2O4/c1-13(23)21-16-7-9-19(25-2)18(11-16)22-20(24)12-26-17-8-6-14-4-3-5-15(14)10-17/h6-11H,3-5,12H2,1-2H3,(H,21,23)(H,22,24). The number of ether oxygens (including phenoxy) is 2. The van der Waals surface area contributed by atoms with Crippen molar-refractivity contribution in [1.82, 2.24) is 0 Å². The highest BCUT2D eigenvalue weighted by atomic mass is 16.5. The van der Waals surface area contributed by atoms with E-state index in [2.05, 4.69) is 16.7 Å². The zero-order valence-corrected chi connectivity index (χ0v) is 14.9. The number of fused-ring (bicyclic) bond motifs is 1. The van der Waals surface area contributed by atoms with Gasteiger partial charge in [-0.25, -0.2) is 0 Å². The minimum Gasteiger partial charge on any atom is -0.495 e. The Kier molecular flexibility index (Phi) is 5.41. The Hall–Kier alpha value is -3.02. The summed E-state index contributed by atoms with van der Waals surface area (Å²) in [5, 5.41) is 5.43. The third kappa shape index (κ3) is 4.33. The SMILES string of the molecule is COc1ccc(NC(C)=O)cc1NC(=O)COc1ccc2c(c1)CCC2. The molecular formula is C20H22N2O4. The number of carbonyl (C=O) groups is 2. The lowest BCUT2D eigenvalue weighted by atomic mass is 10.1. The summed E-state index contributed by atoms with van der Waals surface area (Å²) < 4.78 is 10.9. The molecule has 0 heterocycles. The maximum Gasteiger partial charge on any atom is 0.262 e. The average Bonchev–Trinajstić information content (AvgIpc) is 3.07. The molecule has 2 aromatic rings. The minimum atomic E-state index is -0.302. The molecule has 1 aliphatic carbocycles. The zero-order chi connectivity index (χ0) is 18.5. The molecule has 0 radical (unpaired) electrons. The summed E-state index contributed by atoms with van der Waals surface area (Å²) in [6, 6.07) is 11.0. The number of rotatable bonds is 6. The summed E-state index contributed by atoms with van der Waals surface area (Å²) in [6.07, 6.45) is 3.34. The first-order valence-electron chi connectivity index (χ1n) is 8.55. The molecule has 0 spiro atoms. The van der Waals surface area contributed by atoms with Crippen LogP contribution in [0.2, 0.25) is 0 Å². The Bertz CT molecular complexity index is 833. The van der Waals surface area contributed by atoms with E-state index in [1.54, 1.807) is 18.2 Å². The maximum atomic E-state index is 12.2. The van der Waals surface area contributed by atoms with Crippen molar-refractivity contribution in [2.75, 3.05) is 24.4 Å². The Morgan fingerprint density at radius 2 is 1.85 bits per heavy atom. The summed E-state index contributed by atoms with van der Waals surface area (Å²) in [5.41, 5.74) is 3.71. The number of nitrogens with one attached hydrogen (secondary N) is 2. The first-order valence-corrected chi connectivity index (χ1v) is 8.55. The second-order valence-electron chi connectivity index (χ2n) is 6.22. The van der Waals surface area contributed by atoms with Gasteiger partial charge in [-0.3, -0.25) is 9.59 Å². The van der Waals surface area contributed by atoms with Crippen LogP contribution in [0, 0.1) is 0 Å². The van der Waals surface area contributed by atoms with Crippen molar-refractivity contribution in [2.45, 2.75) is 26.2 Å². The number of carbonyl (C=O) groups excluding carboxylic acids is 2. The van der Waals surface area contributed by atoms with Gasteiger partial charge in [0.05, 0.1) is 12.8 Å². The van der Waals surface area contributed by atoms with Gasteiger partial charge >= 0.3 is 0 Å². The molecule has 0 fully saturated rings. The number of amides is 2. The van der Waals surface area contributed by atoms with E-state index in [0.29, 0.717) is 22.9 Å². The Balaban J connectivity index is 1.63. The molecule has 0 unspecified atom stereocenters. The van der Waals surface area contributed by atoms with Gasteiger partial charge in [-0.2, -0.15) is 0 Å². The molecule has 2 N–H and O–H groups in total. The van der Waals surface area contributed by atoms with Crippen LogP contribution in [0.5, 0.6) is 11.5 Å². The molecule has 2 aromatic carbocycles. The van der Waals surface area contributed by atoms with E-state index in [0.717, 1.165) is 12.8 Å². The van der Waals surface area contributed by atoms with E-state index in [9.17, 15) is 9.59 Å². The van der Waals surface area contributed by atoms with Crippen molar-refractivity contribution in [2.24, 2.45) is 0 Å². The van der Waals surface area contributed by atoms with Gasteiger partial charge in [-0.1, -0.05) is 6.07 Å². The van der Waals surface area contributed by atoms with Gasteiger partial charge in [0.15, 0.2) is 6.61 Å². The molecule has 0 aliphatic heterocycles. The number of hydrogen-bond acceptors (Lipinski definition) is 4. The lowest BCUT2D eigenvalue weighted by Gasteiger charge is -2.13. The van der Waals surface area contributed by atoms with Crippen LogP contribution < -0.4 is 20.1 Å². The van der Waals surface area contributed by atoms with E-state index >= 15 is 0 Å². The number of aryl methyl sites for hydroxylation is 2. The lowest BCUT2D eigenvalue weighted by Crippen LogP contribution is -2.20. The van der Waals surface area contributed by atoms with Crippen molar-refractivity contribution in [3.63, 3.8) is 0 Å². The fraction of sp³-hybridized carbons (Fsp3) is 0.300. The summed E-state index contributed by atoms with van der Waals surface area (Å²) >= 11 is 0. The largest absolute Gasteiger partial charge is 0.495 e. The molecule has 0 atom stereocenters. The van der Waals surface area contributed by atoms with Crippen LogP contribution in [0.15, 0.2) is 36.4 Å². The van der Waals surface area contributed by atoms with Crippen LogP contribution in [-0.4, -0.2) is 25.5 Å². The van der Waals surface area contributed by atoms with Gasteiger partial charge in [0.25, 0.3) is 5.91 Å². The summed E-state index contributed by atoms with van der Waals surface area (Å²) in [6.45, 7) is 1.32. The summed E-state index contributed by atoms with van der Waals surface area (Å²) in [4.78, 5) is 23.4. The molecule has 1 aliphatic rings. The monoisotopic (exact) mass is 354 g/mol. The van der Waals surface area contributed by atoms with Crippen LogP contribution in [0.25, 0.3) is 0 Å². The van der Waals surface area contributed by atoms with Crippen LogP contribution >= 0.6 is 0 Å². The van der Waals surface area contributed by atoms with Crippen LogP contribution in [0.4, 0.5) is 11.4 Å². The summed E-state index contributed by atoms with van der Waals surface area (Å²) in [7, 11) is 1.52. The quantitative estimate of drug-likeness (QED) is 0.835. The Morgan fingerprint density at radius 3 is 2.62 bits per heavy atom. The number of anilines is 2. The van der Waals surface area contributed by atoms with Crippen molar-refractivity contribution >= 4 is 23.2 Å². The molecule has 0 saturated heterocycles. The van der Waals surface area contributed by atoms with E-state index in [1.807, 2.05) is 12.1 Å². The van der Waals surface area contributed by atoms with Gasteiger partial charge in [-0.05, 0) is 60.7 Å². The molecule has 2 amide bonds. The van der Waals surface area contributed by atoms with E-state index in [-0.39, 0.29) is 18.4 Å². The molecule has 3 rings (SSSR count). The van der Waals surface area contributed by atoms with Crippen LogP contribution in [-0.2, 0) is 22.4 Å². The van der Waals surface area contributed by atoms with Crippen LogP contribution in [0.3, 0.4) is 0 Å². The minimum absolute atomic E-state index is 0.105. The molecule has 0 aromatic heterocycles. The van der Waals surface area contributed by atoms with Crippen molar-refractivity contribution in [3.05, 3.63) is 47.5 Å². The number of hydrogen-bond donors (Lipinski definition) is 2. The second-order valence-corrected chi connectivity index (χ2v) is 6.22. The van der Waals surface area contributed by atoms with Gasteiger partial charge in [0.2, 0.25) is 5.91 Å². The predicted molar refractivity (Wildman–Crippen MR) is 99.9 cm³/mol. The number of methoxy groups -OCH3 is 1. The average molecular weight is 354 g/mol. The topological polar surface area (TPSA) is 76.7 Å². The first kappa shape index (κ1) is 17.8. The second kappa shape index (κ2) is 7.91. The fourth-order valence-electron chi connectivity index (χ4n) is 3.06. The van der Waals surface area contributed by atoms with Gasteiger partial charge < -0.3 is 20.1 Å². The first-order chi connectivity index (χ1) is 12.5. The molecular weight excluding hydrogens is 332 g/mol. The van der Waals surface area contributed by atoms with E-state index in [1.165, 1.54) is 31.6 Å². The smallest absolute Gasteiger partial charge is 0.262 e. The number of benzene rings is 2. The van der Waals surface area contributed by atoms with Gasteiger partial charge in [0.1, 0.15) is 11.5 Å². The molecule has 6 nitrogen and oxygen atoms in total. The Morgan fingerprint density at radius 1 is 1.04 bits per heavy atom. The van der Waals surface area contributed by atoms with Crippen molar-refractivity contribution in [1.29, 1.82) is 0 Å². The molecule has 6 heteroatoms. The highest BCUT2D eigenvalue weighted by Gasteiger charge is 2.13. The third-order valence-electron chi connectivity index (χ3n) is 4.23. The maximum absolute atomic E-state index is 12.2. The van der Waals surface area contributed by atoms with Gasteiger partial charge in [0, 0.05) is 12.6 Å². The van der Waals surface area contributed by atoms with E-state index < -0.39 is 0 Å². The molecule has 0 saturated carbocycles.